The van der Waals surface area contributed by atoms with Crippen LogP contribution in [0.3, 0.4) is 0 Å². The van der Waals surface area contributed by atoms with Crippen LogP contribution in [0, 0.1) is 5.82 Å². The van der Waals surface area contributed by atoms with Gasteiger partial charge in [-0.3, -0.25) is 0 Å². The Morgan fingerprint density at radius 1 is 1.37 bits per heavy atom. The van der Waals surface area contributed by atoms with E-state index in [1.165, 1.54) is 6.07 Å². The second-order valence-electron chi connectivity index (χ2n) is 5.27. The summed E-state index contributed by atoms with van der Waals surface area (Å²) in [5, 5.41) is 18.9. The molecule has 4 heteroatoms. The van der Waals surface area contributed by atoms with Gasteiger partial charge in [0.05, 0.1) is 24.4 Å². The first-order valence-corrected chi connectivity index (χ1v) is 6.98. The van der Waals surface area contributed by atoms with Crippen molar-refractivity contribution < 1.29 is 14.6 Å². The molecule has 1 aromatic rings. The Balaban J connectivity index is 2.28. The van der Waals surface area contributed by atoms with Crippen molar-refractivity contribution in [2.75, 3.05) is 18.1 Å². The van der Waals surface area contributed by atoms with Gasteiger partial charge in [0, 0.05) is 6.54 Å². The van der Waals surface area contributed by atoms with Crippen LogP contribution in [0.4, 0.5) is 10.1 Å². The van der Waals surface area contributed by atoms with Gasteiger partial charge in [0.2, 0.25) is 0 Å². The van der Waals surface area contributed by atoms with Gasteiger partial charge in [0.1, 0.15) is 5.82 Å². The zero-order chi connectivity index (χ0) is 13.8. The predicted octanol–water partition coefficient (Wildman–Crippen LogP) is 2.62. The minimum absolute atomic E-state index is 0.00519. The highest BCUT2D eigenvalue weighted by molar-refractivity contribution is 5.50. The molecular weight excluding hydrogens is 245 g/mol. The number of halogens is 1. The monoisotopic (exact) mass is 267 g/mol. The summed E-state index contributed by atoms with van der Waals surface area (Å²) in [6.07, 6.45) is 3.46. The van der Waals surface area contributed by atoms with Crippen LogP contribution in [0.1, 0.15) is 44.3 Å². The molecule has 19 heavy (non-hydrogen) atoms. The molecule has 0 saturated carbocycles. The van der Waals surface area contributed by atoms with Crippen molar-refractivity contribution in [2.45, 2.75) is 44.8 Å². The Kier molecular flexibility index (Phi) is 4.77. The molecule has 1 aliphatic heterocycles. The molecule has 0 bridgehead atoms. The van der Waals surface area contributed by atoms with Crippen molar-refractivity contribution >= 4 is 5.69 Å². The lowest BCUT2D eigenvalue weighted by Crippen LogP contribution is -2.38. The molecule has 2 N–H and O–H groups in total. The Bertz CT molecular complexity index is 423. The van der Waals surface area contributed by atoms with E-state index in [2.05, 4.69) is 0 Å². The highest BCUT2D eigenvalue weighted by Gasteiger charge is 2.23. The number of hydrogen-bond acceptors (Lipinski definition) is 3. The maximum absolute atomic E-state index is 14.2. The lowest BCUT2D eigenvalue weighted by Gasteiger charge is -2.31. The van der Waals surface area contributed by atoms with Gasteiger partial charge >= 0.3 is 0 Å². The normalized spacial score (nSPS) is 22.1. The molecule has 0 aromatic heterocycles. The van der Waals surface area contributed by atoms with Crippen molar-refractivity contribution in [2.24, 2.45) is 0 Å². The molecule has 0 spiro atoms. The first-order chi connectivity index (χ1) is 9.13. The molecule has 2 unspecified atom stereocenters. The number of hydrogen-bond donors (Lipinski definition) is 2. The minimum Gasteiger partial charge on any atom is -0.394 e. The third-order valence-electron chi connectivity index (χ3n) is 3.85. The third kappa shape index (κ3) is 3.25. The van der Waals surface area contributed by atoms with Gasteiger partial charge in [-0.05, 0) is 37.5 Å². The summed E-state index contributed by atoms with van der Waals surface area (Å²) in [7, 11) is 0. The second-order valence-corrected chi connectivity index (χ2v) is 5.27. The number of aliphatic hydroxyl groups is 2. The highest BCUT2D eigenvalue weighted by Crippen LogP contribution is 2.28. The maximum Gasteiger partial charge on any atom is 0.146 e. The molecule has 1 aliphatic rings. The predicted molar refractivity (Wildman–Crippen MR) is 73.7 cm³/mol. The minimum atomic E-state index is -0.665. The molecule has 106 valence electrons. The lowest BCUT2D eigenvalue weighted by atomic mass is 10.1. The molecule has 2 atom stereocenters. The van der Waals surface area contributed by atoms with E-state index < -0.39 is 6.10 Å². The number of anilines is 1. The fourth-order valence-corrected chi connectivity index (χ4v) is 2.70. The van der Waals surface area contributed by atoms with E-state index in [0.717, 1.165) is 32.2 Å². The van der Waals surface area contributed by atoms with E-state index in [4.69, 9.17) is 0 Å². The SMILES string of the molecule is CC(O)c1ccc(N2CCCCCC2CO)c(F)c1. The van der Waals surface area contributed by atoms with Crippen molar-refractivity contribution in [3.05, 3.63) is 29.6 Å². The van der Waals surface area contributed by atoms with E-state index in [9.17, 15) is 14.6 Å². The molecule has 0 aliphatic carbocycles. The van der Waals surface area contributed by atoms with Crippen LogP contribution in [-0.4, -0.2) is 29.4 Å². The van der Waals surface area contributed by atoms with Crippen LogP contribution in [0.5, 0.6) is 0 Å². The van der Waals surface area contributed by atoms with Gasteiger partial charge in [-0.25, -0.2) is 4.39 Å². The third-order valence-corrected chi connectivity index (χ3v) is 3.85. The molecule has 2 rings (SSSR count). The average molecular weight is 267 g/mol. The summed E-state index contributed by atoms with van der Waals surface area (Å²) in [5.74, 6) is -0.321. The number of aliphatic hydroxyl groups excluding tert-OH is 2. The molecular formula is C15H22FNO2. The van der Waals surface area contributed by atoms with Crippen molar-refractivity contribution in [1.29, 1.82) is 0 Å². The van der Waals surface area contributed by atoms with E-state index in [1.807, 2.05) is 4.90 Å². The first kappa shape index (κ1) is 14.3. The summed E-state index contributed by atoms with van der Waals surface area (Å²) in [5.41, 5.74) is 1.11. The Morgan fingerprint density at radius 3 is 2.79 bits per heavy atom. The fourth-order valence-electron chi connectivity index (χ4n) is 2.70. The van der Waals surface area contributed by atoms with Crippen LogP contribution >= 0.6 is 0 Å². The molecule has 1 heterocycles. The molecule has 0 radical (unpaired) electrons. The Morgan fingerprint density at radius 2 is 2.16 bits per heavy atom. The van der Waals surface area contributed by atoms with Crippen LogP contribution in [0.25, 0.3) is 0 Å². The lowest BCUT2D eigenvalue weighted by molar-refractivity contribution is 0.199. The van der Waals surface area contributed by atoms with Crippen LogP contribution in [-0.2, 0) is 0 Å². The summed E-state index contributed by atoms with van der Waals surface area (Å²) < 4.78 is 14.2. The van der Waals surface area contributed by atoms with Crippen molar-refractivity contribution in [1.82, 2.24) is 0 Å². The molecule has 1 saturated heterocycles. The highest BCUT2D eigenvalue weighted by atomic mass is 19.1. The smallest absolute Gasteiger partial charge is 0.146 e. The molecule has 3 nitrogen and oxygen atoms in total. The van der Waals surface area contributed by atoms with Crippen LogP contribution < -0.4 is 4.90 Å². The van der Waals surface area contributed by atoms with Crippen molar-refractivity contribution in [3.8, 4) is 0 Å². The average Bonchev–Trinajstić information content (AvgIpc) is 2.63. The van der Waals surface area contributed by atoms with Crippen LogP contribution in [0.15, 0.2) is 18.2 Å². The Labute approximate surface area is 113 Å². The molecule has 1 fully saturated rings. The van der Waals surface area contributed by atoms with Crippen molar-refractivity contribution in [3.63, 3.8) is 0 Å². The number of nitrogens with zero attached hydrogens (tertiary/aromatic N) is 1. The van der Waals surface area contributed by atoms with Gasteiger partial charge < -0.3 is 15.1 Å². The summed E-state index contributed by atoms with van der Waals surface area (Å²) in [6.45, 7) is 2.45. The summed E-state index contributed by atoms with van der Waals surface area (Å²) in [6, 6.07) is 4.85. The fraction of sp³-hybridized carbons (Fsp3) is 0.600. The van der Waals surface area contributed by atoms with Gasteiger partial charge in [-0.15, -0.1) is 0 Å². The van der Waals surface area contributed by atoms with Gasteiger partial charge in [0.15, 0.2) is 0 Å². The molecule has 1 aromatic carbocycles. The van der Waals surface area contributed by atoms with Gasteiger partial charge in [-0.1, -0.05) is 18.9 Å². The number of benzene rings is 1. The zero-order valence-electron chi connectivity index (χ0n) is 11.3. The maximum atomic E-state index is 14.2. The largest absolute Gasteiger partial charge is 0.394 e. The first-order valence-electron chi connectivity index (χ1n) is 6.98. The standard InChI is InChI=1S/C15H22FNO2/c1-11(19)12-6-7-15(14(16)9-12)17-8-4-2-3-5-13(17)10-18/h6-7,9,11,13,18-19H,2-5,8,10H2,1H3. The van der Waals surface area contributed by atoms with E-state index >= 15 is 0 Å². The second kappa shape index (κ2) is 6.35. The van der Waals surface area contributed by atoms with E-state index in [-0.39, 0.29) is 18.5 Å². The van der Waals surface area contributed by atoms with Gasteiger partial charge in [0.25, 0.3) is 0 Å². The Hall–Kier alpha value is -1.13. The van der Waals surface area contributed by atoms with Gasteiger partial charge in [-0.2, -0.15) is 0 Å². The quantitative estimate of drug-likeness (QED) is 0.884. The summed E-state index contributed by atoms with van der Waals surface area (Å²) >= 11 is 0. The summed E-state index contributed by atoms with van der Waals surface area (Å²) in [4.78, 5) is 1.97. The number of rotatable bonds is 3. The van der Waals surface area contributed by atoms with E-state index in [1.54, 1.807) is 19.1 Å². The van der Waals surface area contributed by atoms with Crippen LogP contribution in [0.2, 0.25) is 0 Å². The zero-order valence-corrected chi connectivity index (χ0v) is 11.3. The van der Waals surface area contributed by atoms with E-state index in [0.29, 0.717) is 11.3 Å². The molecule has 0 amide bonds. The topological polar surface area (TPSA) is 43.7 Å².